The molecule has 0 radical (unpaired) electrons. The van der Waals surface area contributed by atoms with Crippen LogP contribution in [0.2, 0.25) is 0 Å². The second-order valence-corrected chi connectivity index (χ2v) is 5.18. The fourth-order valence-corrected chi connectivity index (χ4v) is 2.92. The zero-order valence-electron chi connectivity index (χ0n) is 11.3. The van der Waals surface area contributed by atoms with Gasteiger partial charge in [0.25, 0.3) is 0 Å². The first kappa shape index (κ1) is 12.6. The van der Waals surface area contributed by atoms with Gasteiger partial charge in [-0.1, -0.05) is 36.4 Å². The van der Waals surface area contributed by atoms with Crippen LogP contribution in [0.3, 0.4) is 0 Å². The van der Waals surface area contributed by atoms with Gasteiger partial charge in [0.05, 0.1) is 18.8 Å². The van der Waals surface area contributed by atoms with Crippen molar-refractivity contribution in [3.8, 4) is 0 Å². The summed E-state index contributed by atoms with van der Waals surface area (Å²) in [5.74, 6) is 0. The van der Waals surface area contributed by atoms with Gasteiger partial charge in [0.2, 0.25) is 0 Å². The number of nitrogens with two attached hydrogens (primary N) is 1. The van der Waals surface area contributed by atoms with Crippen molar-refractivity contribution in [2.24, 2.45) is 5.73 Å². The largest absolute Gasteiger partial charge is 0.374 e. The van der Waals surface area contributed by atoms with E-state index in [1.54, 1.807) is 0 Å². The Hall–Kier alpha value is -1.42. The van der Waals surface area contributed by atoms with Crippen LogP contribution in [0.5, 0.6) is 0 Å². The Labute approximate surface area is 114 Å². The summed E-state index contributed by atoms with van der Waals surface area (Å²) >= 11 is 0. The molecule has 0 spiro atoms. The molecule has 3 nitrogen and oxygen atoms in total. The van der Waals surface area contributed by atoms with Crippen molar-refractivity contribution in [1.82, 2.24) is 4.90 Å². The third-order valence-corrected chi connectivity index (χ3v) is 3.95. The van der Waals surface area contributed by atoms with Crippen molar-refractivity contribution >= 4 is 10.8 Å². The zero-order chi connectivity index (χ0) is 13.2. The van der Waals surface area contributed by atoms with Gasteiger partial charge < -0.3 is 10.5 Å². The quantitative estimate of drug-likeness (QED) is 0.895. The molecular formula is C16H20N2O. The van der Waals surface area contributed by atoms with Gasteiger partial charge in [0, 0.05) is 13.1 Å². The van der Waals surface area contributed by atoms with Gasteiger partial charge in [0.15, 0.2) is 0 Å². The predicted octanol–water partition coefficient (Wildman–Crippen LogP) is 2.17. The van der Waals surface area contributed by atoms with Crippen LogP contribution in [0.1, 0.15) is 11.6 Å². The number of ether oxygens (including phenoxy) is 1. The van der Waals surface area contributed by atoms with Gasteiger partial charge in [-0.3, -0.25) is 4.90 Å². The first-order valence-electron chi connectivity index (χ1n) is 6.80. The molecule has 2 unspecified atom stereocenters. The number of nitrogens with zero attached hydrogens (tertiary/aromatic N) is 1. The highest BCUT2D eigenvalue weighted by atomic mass is 16.5. The van der Waals surface area contributed by atoms with Crippen molar-refractivity contribution in [1.29, 1.82) is 0 Å². The number of benzene rings is 2. The lowest BCUT2D eigenvalue weighted by Gasteiger charge is -2.39. The summed E-state index contributed by atoms with van der Waals surface area (Å²) < 4.78 is 5.81. The minimum absolute atomic E-state index is 0.0833. The molecule has 2 N–H and O–H groups in total. The molecule has 3 rings (SSSR count). The highest BCUT2D eigenvalue weighted by molar-refractivity contribution is 5.83. The number of morpholine rings is 1. The summed E-state index contributed by atoms with van der Waals surface area (Å²) in [6.07, 6.45) is 0.0833. The Bertz CT molecular complexity index is 569. The Morgan fingerprint density at radius 2 is 2.00 bits per heavy atom. The van der Waals surface area contributed by atoms with Gasteiger partial charge in [-0.25, -0.2) is 0 Å². The molecule has 1 aliphatic rings. The van der Waals surface area contributed by atoms with Crippen molar-refractivity contribution in [2.45, 2.75) is 12.1 Å². The fraction of sp³-hybridized carbons (Fsp3) is 0.375. The van der Waals surface area contributed by atoms with Crippen LogP contribution in [0.25, 0.3) is 10.8 Å². The zero-order valence-corrected chi connectivity index (χ0v) is 11.3. The van der Waals surface area contributed by atoms with E-state index >= 15 is 0 Å². The van der Waals surface area contributed by atoms with Crippen LogP contribution in [0.15, 0.2) is 42.5 Å². The third kappa shape index (κ3) is 2.37. The fourth-order valence-electron chi connectivity index (χ4n) is 2.92. The SMILES string of the molecule is CN1CCOC(CN)C1c1ccc2ccccc2c1. The molecule has 2 aromatic carbocycles. The summed E-state index contributed by atoms with van der Waals surface area (Å²) in [7, 11) is 2.14. The molecule has 1 aliphatic heterocycles. The average molecular weight is 256 g/mol. The molecule has 0 saturated carbocycles. The standard InChI is InChI=1S/C16H20N2O/c1-18-8-9-19-15(11-17)16(18)14-7-6-12-4-2-3-5-13(12)10-14/h2-7,10,15-16H,8-9,11,17H2,1H3. The minimum atomic E-state index is 0.0833. The molecule has 0 aliphatic carbocycles. The van der Waals surface area contributed by atoms with Gasteiger partial charge in [-0.05, 0) is 29.4 Å². The van der Waals surface area contributed by atoms with E-state index in [2.05, 4.69) is 54.4 Å². The molecule has 3 heteroatoms. The van der Waals surface area contributed by atoms with Crippen LogP contribution in [-0.2, 0) is 4.74 Å². The van der Waals surface area contributed by atoms with Crippen molar-refractivity contribution < 1.29 is 4.74 Å². The Morgan fingerprint density at radius 3 is 2.79 bits per heavy atom. The van der Waals surface area contributed by atoms with E-state index in [-0.39, 0.29) is 12.1 Å². The number of rotatable bonds is 2. The highest BCUT2D eigenvalue weighted by Crippen LogP contribution is 2.30. The van der Waals surface area contributed by atoms with Crippen LogP contribution in [0.4, 0.5) is 0 Å². The van der Waals surface area contributed by atoms with Gasteiger partial charge in [0.1, 0.15) is 0 Å². The van der Waals surface area contributed by atoms with E-state index in [9.17, 15) is 0 Å². The van der Waals surface area contributed by atoms with E-state index in [1.807, 2.05) is 0 Å². The van der Waals surface area contributed by atoms with Crippen molar-refractivity contribution in [2.75, 3.05) is 26.7 Å². The monoisotopic (exact) mass is 256 g/mol. The summed E-state index contributed by atoms with van der Waals surface area (Å²) in [5.41, 5.74) is 7.14. The van der Waals surface area contributed by atoms with Crippen LogP contribution in [-0.4, -0.2) is 37.7 Å². The number of hydrogen-bond donors (Lipinski definition) is 1. The second kappa shape index (κ2) is 5.29. The van der Waals surface area contributed by atoms with Gasteiger partial charge in [-0.15, -0.1) is 0 Å². The maximum atomic E-state index is 5.85. The maximum Gasteiger partial charge on any atom is 0.0894 e. The summed E-state index contributed by atoms with van der Waals surface area (Å²) in [5, 5.41) is 2.55. The lowest BCUT2D eigenvalue weighted by molar-refractivity contribution is -0.0576. The predicted molar refractivity (Wildman–Crippen MR) is 78.1 cm³/mol. The highest BCUT2D eigenvalue weighted by Gasteiger charge is 2.30. The average Bonchev–Trinajstić information content (AvgIpc) is 2.46. The second-order valence-electron chi connectivity index (χ2n) is 5.18. The molecule has 0 amide bonds. The van der Waals surface area contributed by atoms with Gasteiger partial charge >= 0.3 is 0 Å². The van der Waals surface area contributed by atoms with Crippen LogP contribution in [0, 0.1) is 0 Å². The number of fused-ring (bicyclic) bond motifs is 1. The molecule has 0 bridgehead atoms. The van der Waals surface area contributed by atoms with E-state index in [0.29, 0.717) is 6.54 Å². The summed E-state index contributed by atoms with van der Waals surface area (Å²) in [4.78, 5) is 2.34. The third-order valence-electron chi connectivity index (χ3n) is 3.95. The van der Waals surface area contributed by atoms with Crippen molar-refractivity contribution in [3.05, 3.63) is 48.0 Å². The molecule has 19 heavy (non-hydrogen) atoms. The smallest absolute Gasteiger partial charge is 0.0894 e. The van der Waals surface area contributed by atoms with E-state index in [0.717, 1.165) is 13.2 Å². The first-order chi connectivity index (χ1) is 9.29. The molecule has 1 heterocycles. The summed E-state index contributed by atoms with van der Waals surface area (Å²) in [6.45, 7) is 2.28. The summed E-state index contributed by atoms with van der Waals surface area (Å²) in [6, 6.07) is 15.3. The lowest BCUT2D eigenvalue weighted by atomic mass is 9.96. The molecular weight excluding hydrogens is 236 g/mol. The minimum Gasteiger partial charge on any atom is -0.374 e. The van der Waals surface area contributed by atoms with Crippen LogP contribution < -0.4 is 5.73 Å². The van der Waals surface area contributed by atoms with Crippen molar-refractivity contribution in [3.63, 3.8) is 0 Å². The molecule has 2 aromatic rings. The van der Waals surface area contributed by atoms with Gasteiger partial charge in [-0.2, -0.15) is 0 Å². The van der Waals surface area contributed by atoms with E-state index in [1.165, 1.54) is 16.3 Å². The molecule has 100 valence electrons. The van der Waals surface area contributed by atoms with E-state index in [4.69, 9.17) is 10.5 Å². The molecule has 0 aromatic heterocycles. The van der Waals surface area contributed by atoms with Crippen LogP contribution >= 0.6 is 0 Å². The molecule has 1 fully saturated rings. The normalized spacial score (nSPS) is 24.7. The lowest BCUT2D eigenvalue weighted by Crippen LogP contribution is -2.46. The number of hydrogen-bond acceptors (Lipinski definition) is 3. The first-order valence-corrected chi connectivity index (χ1v) is 6.80. The topological polar surface area (TPSA) is 38.5 Å². The maximum absolute atomic E-state index is 5.85. The molecule has 2 atom stereocenters. The Morgan fingerprint density at radius 1 is 1.21 bits per heavy atom. The van der Waals surface area contributed by atoms with E-state index < -0.39 is 0 Å². The molecule has 1 saturated heterocycles. The Balaban J connectivity index is 2.01. The number of likely N-dealkylation sites (N-methyl/N-ethyl adjacent to an activating group) is 1. The Kier molecular flexibility index (Phi) is 3.51.